The fourth-order valence-electron chi connectivity index (χ4n) is 3.01. The van der Waals surface area contributed by atoms with E-state index in [1.54, 1.807) is 0 Å². The van der Waals surface area contributed by atoms with Crippen molar-refractivity contribution in [2.24, 2.45) is 5.92 Å². The quantitative estimate of drug-likeness (QED) is 0.617. The minimum atomic E-state index is -4.78. The van der Waals surface area contributed by atoms with E-state index in [9.17, 15) is 18.0 Å². The summed E-state index contributed by atoms with van der Waals surface area (Å²) in [7, 11) is 0. The lowest BCUT2D eigenvalue weighted by Gasteiger charge is -2.32. The monoisotopic (exact) mass is 343 g/mol. The van der Waals surface area contributed by atoms with Crippen LogP contribution in [0.2, 0.25) is 0 Å². The van der Waals surface area contributed by atoms with Crippen LogP contribution in [0.15, 0.2) is 24.3 Å². The second kappa shape index (κ2) is 8.37. The van der Waals surface area contributed by atoms with Crippen molar-refractivity contribution in [3.63, 3.8) is 0 Å². The third-order valence-corrected chi connectivity index (χ3v) is 4.43. The molecule has 7 heteroatoms. The highest BCUT2D eigenvalue weighted by molar-refractivity contribution is 5.81. The zero-order valence-electron chi connectivity index (χ0n) is 13.6. The van der Waals surface area contributed by atoms with Gasteiger partial charge in [0.2, 0.25) is 0 Å². The highest BCUT2D eigenvalue weighted by atomic mass is 19.4. The van der Waals surface area contributed by atoms with E-state index in [2.05, 4.69) is 4.90 Å². The maximum Gasteiger partial charge on any atom is 0.471 e. The van der Waals surface area contributed by atoms with Gasteiger partial charge in [-0.1, -0.05) is 12.1 Å². The van der Waals surface area contributed by atoms with Gasteiger partial charge in [-0.25, -0.2) is 0 Å². The molecule has 0 saturated carbocycles. The van der Waals surface area contributed by atoms with Gasteiger partial charge in [0, 0.05) is 18.8 Å². The number of nitrogens with two attached hydrogens (primary N) is 1. The zero-order valence-corrected chi connectivity index (χ0v) is 13.6. The van der Waals surface area contributed by atoms with Crippen molar-refractivity contribution in [2.75, 3.05) is 25.4 Å². The molecule has 24 heavy (non-hydrogen) atoms. The van der Waals surface area contributed by atoms with Crippen LogP contribution in [0.4, 0.5) is 18.9 Å². The van der Waals surface area contributed by atoms with Gasteiger partial charge in [-0.3, -0.25) is 9.69 Å². The van der Waals surface area contributed by atoms with Gasteiger partial charge < -0.3 is 11.1 Å². The third-order valence-electron chi connectivity index (χ3n) is 4.43. The van der Waals surface area contributed by atoms with Crippen molar-refractivity contribution in [1.29, 1.82) is 0 Å². The summed E-state index contributed by atoms with van der Waals surface area (Å²) in [6.07, 6.45) is -1.25. The van der Waals surface area contributed by atoms with E-state index in [4.69, 9.17) is 5.73 Å². The number of carbonyl (C=O) groups is 1. The van der Waals surface area contributed by atoms with Crippen molar-refractivity contribution in [3.05, 3.63) is 29.8 Å². The Morgan fingerprint density at radius 2 is 1.83 bits per heavy atom. The van der Waals surface area contributed by atoms with Crippen LogP contribution in [0.5, 0.6) is 0 Å². The van der Waals surface area contributed by atoms with Crippen LogP contribution < -0.4 is 11.1 Å². The van der Waals surface area contributed by atoms with Crippen molar-refractivity contribution in [2.45, 2.75) is 38.4 Å². The molecule has 4 nitrogen and oxygen atoms in total. The van der Waals surface area contributed by atoms with E-state index in [1.807, 2.05) is 29.6 Å². The van der Waals surface area contributed by atoms with E-state index >= 15 is 0 Å². The number of amides is 1. The highest BCUT2D eigenvalue weighted by Crippen LogP contribution is 2.23. The van der Waals surface area contributed by atoms with E-state index in [-0.39, 0.29) is 6.54 Å². The van der Waals surface area contributed by atoms with Gasteiger partial charge in [-0.2, -0.15) is 13.2 Å². The van der Waals surface area contributed by atoms with Gasteiger partial charge in [-0.05, 0) is 62.4 Å². The second-order valence-electron chi connectivity index (χ2n) is 6.36. The third kappa shape index (κ3) is 6.03. The summed E-state index contributed by atoms with van der Waals surface area (Å²) in [5.74, 6) is -1.32. The number of carbonyl (C=O) groups excluding carboxylic acids is 1. The van der Waals surface area contributed by atoms with Crippen LogP contribution in [0.25, 0.3) is 0 Å². The molecule has 1 aliphatic heterocycles. The summed E-state index contributed by atoms with van der Waals surface area (Å²) >= 11 is 0. The van der Waals surface area contributed by atoms with Crippen LogP contribution in [-0.4, -0.2) is 36.6 Å². The number of nitrogens with zero attached hydrogens (tertiary/aromatic N) is 1. The molecule has 0 atom stereocenters. The number of likely N-dealkylation sites (tertiary alicyclic amines) is 1. The molecule has 0 unspecified atom stereocenters. The Bertz CT molecular complexity index is 523. The van der Waals surface area contributed by atoms with Crippen molar-refractivity contribution in [1.82, 2.24) is 10.2 Å². The SMILES string of the molecule is Nc1ccc(CN2CCC(CCCNC(=O)C(F)(F)F)CC2)cc1. The molecule has 0 bridgehead atoms. The lowest BCUT2D eigenvalue weighted by atomic mass is 9.92. The Hall–Kier alpha value is -1.76. The Kier molecular flexibility index (Phi) is 6.48. The number of rotatable bonds is 6. The molecule has 3 N–H and O–H groups in total. The number of hydrogen-bond donors (Lipinski definition) is 2. The number of piperidine rings is 1. The first kappa shape index (κ1) is 18.6. The summed E-state index contributed by atoms with van der Waals surface area (Å²) < 4.78 is 36.2. The Morgan fingerprint density at radius 3 is 2.42 bits per heavy atom. The largest absolute Gasteiger partial charge is 0.471 e. The predicted molar refractivity (Wildman–Crippen MR) is 87.2 cm³/mol. The highest BCUT2D eigenvalue weighted by Gasteiger charge is 2.38. The maximum atomic E-state index is 12.1. The second-order valence-corrected chi connectivity index (χ2v) is 6.36. The van der Waals surface area contributed by atoms with Crippen molar-refractivity contribution < 1.29 is 18.0 Å². The standard InChI is InChI=1S/C17H24F3N3O/c18-17(19,20)16(24)22-9-1-2-13-7-10-23(11-8-13)12-14-3-5-15(21)6-4-14/h3-6,13H,1-2,7-12,21H2,(H,22,24). The molecular formula is C17H24F3N3O. The molecule has 1 aliphatic rings. The number of halogens is 3. The smallest absolute Gasteiger partial charge is 0.399 e. The van der Waals surface area contributed by atoms with Crippen molar-refractivity contribution >= 4 is 11.6 Å². The maximum absolute atomic E-state index is 12.1. The molecule has 2 rings (SSSR count). The molecule has 1 saturated heterocycles. The van der Waals surface area contributed by atoms with E-state index < -0.39 is 12.1 Å². The van der Waals surface area contributed by atoms with Gasteiger partial charge in [0.25, 0.3) is 0 Å². The average Bonchev–Trinajstić information content (AvgIpc) is 2.54. The predicted octanol–water partition coefficient (Wildman–Crippen LogP) is 2.94. The van der Waals surface area contributed by atoms with E-state index in [0.717, 1.165) is 44.6 Å². The molecule has 1 aromatic carbocycles. The minimum absolute atomic E-state index is 0.0873. The topological polar surface area (TPSA) is 58.4 Å². The van der Waals surface area contributed by atoms with Gasteiger partial charge in [0.1, 0.15) is 0 Å². The Labute approximate surface area is 140 Å². The molecule has 1 amide bonds. The van der Waals surface area contributed by atoms with Crippen LogP contribution in [-0.2, 0) is 11.3 Å². The number of hydrogen-bond acceptors (Lipinski definition) is 3. The molecule has 1 aromatic rings. The summed E-state index contributed by atoms with van der Waals surface area (Å²) in [6.45, 7) is 2.96. The lowest BCUT2D eigenvalue weighted by Crippen LogP contribution is -2.37. The van der Waals surface area contributed by atoms with Gasteiger partial charge in [0.15, 0.2) is 0 Å². The van der Waals surface area contributed by atoms with Gasteiger partial charge in [-0.15, -0.1) is 0 Å². The van der Waals surface area contributed by atoms with Crippen LogP contribution in [0.1, 0.15) is 31.2 Å². The first-order valence-corrected chi connectivity index (χ1v) is 8.26. The molecule has 0 spiro atoms. The number of alkyl halides is 3. The van der Waals surface area contributed by atoms with Crippen molar-refractivity contribution in [3.8, 4) is 0 Å². The fraction of sp³-hybridized carbons (Fsp3) is 0.588. The minimum Gasteiger partial charge on any atom is -0.399 e. The van der Waals surface area contributed by atoms with Crippen LogP contribution in [0.3, 0.4) is 0 Å². The first-order chi connectivity index (χ1) is 11.3. The number of nitrogen functional groups attached to an aromatic ring is 1. The summed E-state index contributed by atoms with van der Waals surface area (Å²) in [4.78, 5) is 13.1. The molecule has 134 valence electrons. The summed E-state index contributed by atoms with van der Waals surface area (Å²) in [5, 5.41) is 1.92. The first-order valence-electron chi connectivity index (χ1n) is 8.26. The fourth-order valence-corrected chi connectivity index (χ4v) is 3.01. The zero-order chi connectivity index (χ0) is 17.6. The average molecular weight is 343 g/mol. The number of benzene rings is 1. The number of anilines is 1. The molecular weight excluding hydrogens is 319 g/mol. The lowest BCUT2D eigenvalue weighted by molar-refractivity contribution is -0.173. The molecule has 0 radical (unpaired) electrons. The van der Waals surface area contributed by atoms with E-state index in [1.165, 1.54) is 5.56 Å². The summed E-state index contributed by atoms with van der Waals surface area (Å²) in [6, 6.07) is 7.87. The summed E-state index contributed by atoms with van der Waals surface area (Å²) in [5.41, 5.74) is 7.67. The van der Waals surface area contributed by atoms with E-state index in [0.29, 0.717) is 12.3 Å². The normalized spacial score (nSPS) is 17.0. The molecule has 1 heterocycles. The molecule has 0 aromatic heterocycles. The molecule has 1 fully saturated rings. The van der Waals surface area contributed by atoms with Crippen LogP contribution in [0, 0.1) is 5.92 Å². The molecule has 0 aliphatic carbocycles. The van der Waals surface area contributed by atoms with Crippen LogP contribution >= 0.6 is 0 Å². The van der Waals surface area contributed by atoms with Gasteiger partial charge >= 0.3 is 12.1 Å². The Balaban J connectivity index is 1.61. The Morgan fingerprint density at radius 1 is 1.21 bits per heavy atom. The number of nitrogens with one attached hydrogen (secondary N) is 1. The van der Waals surface area contributed by atoms with Gasteiger partial charge in [0.05, 0.1) is 0 Å².